The van der Waals surface area contributed by atoms with Crippen LogP contribution in [0, 0.1) is 0 Å². The molecule has 2 aromatic carbocycles. The number of benzene rings is 2. The summed E-state index contributed by atoms with van der Waals surface area (Å²) >= 11 is 7.08. The van der Waals surface area contributed by atoms with Gasteiger partial charge in [-0.1, -0.05) is 23.7 Å². The summed E-state index contributed by atoms with van der Waals surface area (Å²) in [4.78, 5) is 16.2. The fourth-order valence-electron chi connectivity index (χ4n) is 2.25. The first kappa shape index (κ1) is 16.6. The molecule has 5 nitrogen and oxygen atoms in total. The second-order valence-corrected chi connectivity index (χ2v) is 6.15. The lowest BCUT2D eigenvalue weighted by atomic mass is 10.1. The standard InChI is InChI=1S/C17H13ClN2O3S/c18-12-5-1-10(2-6-12)16-17(23-14(20-16)9-15(21)22)11-3-7-13(24-19)8-4-11/h1-8H,9,19H2,(H,21,22). The fourth-order valence-corrected chi connectivity index (χ4v) is 2.67. The van der Waals surface area contributed by atoms with Gasteiger partial charge in [0.25, 0.3) is 0 Å². The van der Waals surface area contributed by atoms with E-state index < -0.39 is 5.97 Å². The van der Waals surface area contributed by atoms with Crippen LogP contribution in [0.4, 0.5) is 0 Å². The Bertz CT molecular complexity index is 861. The molecule has 0 saturated heterocycles. The number of halogens is 1. The SMILES string of the molecule is NSc1ccc(-c2oc(CC(=O)O)nc2-c2ccc(Cl)cc2)cc1. The highest BCUT2D eigenvalue weighted by atomic mass is 35.5. The van der Waals surface area contributed by atoms with Crippen molar-refractivity contribution in [3.63, 3.8) is 0 Å². The van der Waals surface area contributed by atoms with E-state index in [1.54, 1.807) is 12.1 Å². The molecular weight excluding hydrogens is 348 g/mol. The average molecular weight is 361 g/mol. The third-order valence-electron chi connectivity index (χ3n) is 3.34. The number of carboxylic acid groups (broad SMARTS) is 1. The first-order chi connectivity index (χ1) is 11.6. The quantitative estimate of drug-likeness (QED) is 0.661. The van der Waals surface area contributed by atoms with E-state index in [9.17, 15) is 4.79 Å². The molecule has 0 bridgehead atoms. The van der Waals surface area contributed by atoms with Gasteiger partial charge in [0.05, 0.1) is 0 Å². The molecule has 0 aliphatic heterocycles. The maximum atomic E-state index is 11.0. The van der Waals surface area contributed by atoms with Crippen LogP contribution in [0.3, 0.4) is 0 Å². The van der Waals surface area contributed by atoms with E-state index in [2.05, 4.69) is 4.98 Å². The number of carboxylic acids is 1. The van der Waals surface area contributed by atoms with E-state index in [0.717, 1.165) is 28.0 Å². The van der Waals surface area contributed by atoms with Gasteiger partial charge in [0.1, 0.15) is 12.1 Å². The van der Waals surface area contributed by atoms with Gasteiger partial charge in [-0.05, 0) is 48.3 Å². The summed E-state index contributed by atoms with van der Waals surface area (Å²) in [7, 11) is 0. The molecule has 0 spiro atoms. The fraction of sp³-hybridized carbons (Fsp3) is 0.0588. The normalized spacial score (nSPS) is 10.8. The zero-order valence-electron chi connectivity index (χ0n) is 12.4. The maximum absolute atomic E-state index is 11.0. The van der Waals surface area contributed by atoms with E-state index in [-0.39, 0.29) is 12.3 Å². The van der Waals surface area contributed by atoms with Gasteiger partial charge in [0.15, 0.2) is 5.76 Å². The average Bonchev–Trinajstić information content (AvgIpc) is 2.98. The lowest BCUT2D eigenvalue weighted by Crippen LogP contribution is -1.99. The minimum Gasteiger partial charge on any atom is -0.481 e. The van der Waals surface area contributed by atoms with Crippen molar-refractivity contribution < 1.29 is 14.3 Å². The number of aliphatic carboxylic acids is 1. The first-order valence-corrected chi connectivity index (χ1v) is 8.27. The van der Waals surface area contributed by atoms with Gasteiger partial charge in [-0.2, -0.15) is 0 Å². The van der Waals surface area contributed by atoms with Crippen molar-refractivity contribution in [1.29, 1.82) is 0 Å². The molecular formula is C17H13ClN2O3S. The van der Waals surface area contributed by atoms with Crippen molar-refractivity contribution >= 4 is 29.5 Å². The number of rotatable bonds is 5. The molecule has 3 rings (SSSR count). The Kier molecular flexibility index (Phi) is 4.89. The van der Waals surface area contributed by atoms with Crippen molar-refractivity contribution in [2.75, 3.05) is 0 Å². The zero-order chi connectivity index (χ0) is 17.1. The minimum atomic E-state index is -1.000. The minimum absolute atomic E-state index is 0.153. The van der Waals surface area contributed by atoms with E-state index >= 15 is 0 Å². The van der Waals surface area contributed by atoms with Crippen LogP contribution < -0.4 is 5.14 Å². The number of nitrogens with zero attached hydrogens (tertiary/aromatic N) is 1. The van der Waals surface area contributed by atoms with Crippen molar-refractivity contribution in [2.24, 2.45) is 5.14 Å². The maximum Gasteiger partial charge on any atom is 0.312 e. The molecule has 0 aliphatic carbocycles. The molecule has 1 heterocycles. The molecule has 0 saturated carbocycles. The van der Waals surface area contributed by atoms with Crippen LogP contribution in [0.25, 0.3) is 22.6 Å². The van der Waals surface area contributed by atoms with Crippen LogP contribution in [-0.2, 0) is 11.2 Å². The Morgan fingerprint density at radius 3 is 2.33 bits per heavy atom. The monoisotopic (exact) mass is 360 g/mol. The highest BCUT2D eigenvalue weighted by molar-refractivity contribution is 7.97. The predicted molar refractivity (Wildman–Crippen MR) is 93.8 cm³/mol. The summed E-state index contributed by atoms with van der Waals surface area (Å²) in [5, 5.41) is 15.1. The Hall–Kier alpha value is -2.28. The molecule has 0 fully saturated rings. The Labute approximate surface area is 147 Å². The topological polar surface area (TPSA) is 89.3 Å². The molecule has 7 heteroatoms. The van der Waals surface area contributed by atoms with E-state index in [4.69, 9.17) is 26.3 Å². The van der Waals surface area contributed by atoms with Crippen LogP contribution in [0.5, 0.6) is 0 Å². The van der Waals surface area contributed by atoms with Crippen LogP contribution in [0.1, 0.15) is 5.89 Å². The highest BCUT2D eigenvalue weighted by Crippen LogP contribution is 2.34. The summed E-state index contributed by atoms with van der Waals surface area (Å²) in [6, 6.07) is 14.6. The van der Waals surface area contributed by atoms with Crippen molar-refractivity contribution in [2.45, 2.75) is 11.3 Å². The molecule has 0 radical (unpaired) electrons. The summed E-state index contributed by atoms with van der Waals surface area (Å²) in [5.74, 6) is -0.331. The van der Waals surface area contributed by atoms with Gasteiger partial charge in [0, 0.05) is 21.0 Å². The second-order valence-electron chi connectivity index (χ2n) is 5.00. The van der Waals surface area contributed by atoms with Crippen molar-refractivity contribution in [3.8, 4) is 22.6 Å². The Balaban J connectivity index is 2.09. The molecule has 0 amide bonds. The van der Waals surface area contributed by atoms with Gasteiger partial charge in [-0.15, -0.1) is 0 Å². The van der Waals surface area contributed by atoms with Crippen molar-refractivity contribution in [3.05, 3.63) is 59.4 Å². The molecule has 24 heavy (non-hydrogen) atoms. The van der Waals surface area contributed by atoms with Crippen LogP contribution in [0.15, 0.2) is 57.8 Å². The third-order valence-corrected chi connectivity index (χ3v) is 4.14. The lowest BCUT2D eigenvalue weighted by molar-refractivity contribution is -0.136. The molecule has 0 unspecified atom stereocenters. The molecule has 3 aromatic rings. The van der Waals surface area contributed by atoms with Gasteiger partial charge in [-0.25, -0.2) is 4.98 Å². The Morgan fingerprint density at radius 2 is 1.75 bits per heavy atom. The first-order valence-electron chi connectivity index (χ1n) is 7.01. The van der Waals surface area contributed by atoms with Gasteiger partial charge < -0.3 is 9.52 Å². The van der Waals surface area contributed by atoms with E-state index in [1.807, 2.05) is 36.4 Å². The molecule has 0 aliphatic rings. The predicted octanol–water partition coefficient (Wildman–Crippen LogP) is 4.25. The number of hydrogen-bond donors (Lipinski definition) is 2. The summed E-state index contributed by atoms with van der Waals surface area (Å²) in [6.45, 7) is 0. The number of aromatic nitrogens is 1. The zero-order valence-corrected chi connectivity index (χ0v) is 14.0. The lowest BCUT2D eigenvalue weighted by Gasteiger charge is -2.03. The van der Waals surface area contributed by atoms with Crippen LogP contribution in [-0.4, -0.2) is 16.1 Å². The van der Waals surface area contributed by atoms with Gasteiger partial charge in [-0.3, -0.25) is 9.93 Å². The molecule has 3 N–H and O–H groups in total. The van der Waals surface area contributed by atoms with Crippen molar-refractivity contribution in [1.82, 2.24) is 4.98 Å². The summed E-state index contributed by atoms with van der Waals surface area (Å²) in [5.41, 5.74) is 2.17. The Morgan fingerprint density at radius 1 is 1.12 bits per heavy atom. The van der Waals surface area contributed by atoms with Crippen LogP contribution in [0.2, 0.25) is 5.02 Å². The number of oxazole rings is 1. The number of carbonyl (C=O) groups is 1. The third kappa shape index (κ3) is 3.62. The molecule has 122 valence electrons. The summed E-state index contributed by atoms with van der Waals surface area (Å²) < 4.78 is 5.71. The smallest absolute Gasteiger partial charge is 0.312 e. The number of hydrogen-bond acceptors (Lipinski definition) is 5. The molecule has 0 atom stereocenters. The van der Waals surface area contributed by atoms with E-state index in [1.165, 1.54) is 0 Å². The van der Waals surface area contributed by atoms with E-state index in [0.29, 0.717) is 16.5 Å². The highest BCUT2D eigenvalue weighted by Gasteiger charge is 2.18. The molecule has 1 aromatic heterocycles. The van der Waals surface area contributed by atoms with Gasteiger partial charge in [0.2, 0.25) is 5.89 Å². The largest absolute Gasteiger partial charge is 0.481 e. The second kappa shape index (κ2) is 7.09. The van der Waals surface area contributed by atoms with Gasteiger partial charge >= 0.3 is 5.97 Å². The number of nitrogens with two attached hydrogens (primary N) is 1. The van der Waals surface area contributed by atoms with Crippen LogP contribution >= 0.6 is 23.5 Å². The summed E-state index contributed by atoms with van der Waals surface area (Å²) in [6.07, 6.45) is -0.280.